The van der Waals surface area contributed by atoms with Crippen LogP contribution in [0, 0.1) is 5.92 Å². The van der Waals surface area contributed by atoms with E-state index in [1.165, 1.54) is 6.07 Å². The smallest absolute Gasteiger partial charge is 0.388 e. The van der Waals surface area contributed by atoms with Crippen LogP contribution in [-0.4, -0.2) is 23.9 Å². The average Bonchev–Trinajstić information content (AvgIpc) is 2.65. The predicted octanol–water partition coefficient (Wildman–Crippen LogP) is 2.44. The van der Waals surface area contributed by atoms with Crippen LogP contribution in [0.3, 0.4) is 0 Å². The van der Waals surface area contributed by atoms with Gasteiger partial charge in [0.15, 0.2) is 0 Å². The lowest BCUT2D eigenvalue weighted by atomic mass is 9.96. The molecule has 90 valence electrons. The Labute approximate surface area is 97.5 Å². The van der Waals surface area contributed by atoms with E-state index in [0.29, 0.717) is 5.92 Å². The highest BCUT2D eigenvalue weighted by Gasteiger charge is 2.31. The van der Waals surface area contributed by atoms with E-state index < -0.39 is 6.61 Å². The molecule has 0 spiro atoms. The number of fused-ring (bicyclic) bond motifs is 3. The van der Waals surface area contributed by atoms with Crippen molar-refractivity contribution in [1.82, 2.24) is 4.98 Å². The van der Waals surface area contributed by atoms with Crippen molar-refractivity contribution in [3.8, 4) is 5.88 Å². The Balaban J connectivity index is 1.92. The second-order valence-corrected chi connectivity index (χ2v) is 4.33. The maximum absolute atomic E-state index is 12.1. The first kappa shape index (κ1) is 10.6. The minimum atomic E-state index is -2.82. The Bertz CT molecular complexity index is 474. The molecule has 0 N–H and O–H groups in total. The number of rotatable bonds is 2. The number of halogens is 2. The molecule has 5 heteroatoms. The van der Waals surface area contributed by atoms with Crippen molar-refractivity contribution in [2.75, 3.05) is 6.54 Å². The molecule has 3 nitrogen and oxygen atoms in total. The molecule has 1 atom stereocenters. The Morgan fingerprint density at radius 2 is 2.24 bits per heavy atom. The molecule has 0 saturated carbocycles. The topological polar surface area (TPSA) is 34.5 Å². The monoisotopic (exact) mass is 238 g/mol. The maximum atomic E-state index is 12.1. The van der Waals surface area contributed by atoms with Crippen LogP contribution in [0.25, 0.3) is 0 Å². The summed E-state index contributed by atoms with van der Waals surface area (Å²) in [5.41, 5.74) is 2.95. The third-order valence-corrected chi connectivity index (χ3v) is 3.25. The molecule has 2 heterocycles. The summed E-state index contributed by atoms with van der Waals surface area (Å²) in [6.07, 6.45) is 3.01. The minimum Gasteiger partial charge on any atom is -0.417 e. The molecule has 0 saturated heterocycles. The normalized spacial score (nSPS) is 22.1. The first-order valence-electron chi connectivity index (χ1n) is 5.73. The van der Waals surface area contributed by atoms with E-state index in [1.807, 2.05) is 0 Å². The van der Waals surface area contributed by atoms with Crippen molar-refractivity contribution < 1.29 is 13.5 Å². The van der Waals surface area contributed by atoms with Gasteiger partial charge in [-0.15, -0.1) is 0 Å². The van der Waals surface area contributed by atoms with Crippen LogP contribution >= 0.6 is 0 Å². The molecule has 3 rings (SSSR count). The van der Waals surface area contributed by atoms with Crippen molar-refractivity contribution in [3.05, 3.63) is 23.4 Å². The zero-order chi connectivity index (χ0) is 11.8. The zero-order valence-corrected chi connectivity index (χ0v) is 9.20. The minimum absolute atomic E-state index is 0.00185. The van der Waals surface area contributed by atoms with Gasteiger partial charge in [0.2, 0.25) is 5.88 Å². The molecular formula is C12H12F2N2O. The highest BCUT2D eigenvalue weighted by molar-refractivity contribution is 6.06. The highest BCUT2D eigenvalue weighted by atomic mass is 19.3. The first-order valence-corrected chi connectivity index (χ1v) is 5.73. The molecule has 1 aliphatic carbocycles. The number of alkyl halides is 2. The van der Waals surface area contributed by atoms with E-state index in [0.717, 1.165) is 42.8 Å². The van der Waals surface area contributed by atoms with Gasteiger partial charge in [0.1, 0.15) is 0 Å². The van der Waals surface area contributed by atoms with Gasteiger partial charge in [-0.25, -0.2) is 4.98 Å². The second kappa shape index (κ2) is 4.05. The van der Waals surface area contributed by atoms with E-state index >= 15 is 0 Å². The Hall–Kier alpha value is -1.52. The standard InChI is InChI=1S/C12H12F2N2O/c13-12(14)17-10-4-3-8-9(16-10)6-7-2-1-5-15-11(7)8/h3-4,7,12H,1-2,5-6H2/t7-/m1/s1. The van der Waals surface area contributed by atoms with Crippen molar-refractivity contribution in [2.45, 2.75) is 25.9 Å². The molecule has 1 aromatic rings. The van der Waals surface area contributed by atoms with Gasteiger partial charge in [-0.1, -0.05) is 0 Å². The number of hydrogen-bond acceptors (Lipinski definition) is 3. The van der Waals surface area contributed by atoms with Crippen LogP contribution in [0.1, 0.15) is 24.1 Å². The summed E-state index contributed by atoms with van der Waals surface area (Å²) >= 11 is 0. The average molecular weight is 238 g/mol. The summed E-state index contributed by atoms with van der Waals surface area (Å²) in [7, 11) is 0. The van der Waals surface area contributed by atoms with Gasteiger partial charge < -0.3 is 4.74 Å². The van der Waals surface area contributed by atoms with Crippen LogP contribution in [0.4, 0.5) is 8.78 Å². The molecule has 0 aromatic carbocycles. The fraction of sp³-hybridized carbons (Fsp3) is 0.500. The first-order chi connectivity index (χ1) is 8.24. The van der Waals surface area contributed by atoms with E-state index in [4.69, 9.17) is 0 Å². The molecule has 0 radical (unpaired) electrons. The van der Waals surface area contributed by atoms with Gasteiger partial charge in [0.05, 0.1) is 5.69 Å². The van der Waals surface area contributed by atoms with Crippen molar-refractivity contribution >= 4 is 5.71 Å². The van der Waals surface area contributed by atoms with Crippen LogP contribution in [0.2, 0.25) is 0 Å². The van der Waals surface area contributed by atoms with Crippen LogP contribution in [0.15, 0.2) is 17.1 Å². The quantitative estimate of drug-likeness (QED) is 0.793. The molecular weight excluding hydrogens is 226 g/mol. The number of aliphatic imine (C=N–C) groups is 1. The molecule has 0 fully saturated rings. The summed E-state index contributed by atoms with van der Waals surface area (Å²) < 4.78 is 28.5. The number of nitrogens with zero attached hydrogens (tertiary/aromatic N) is 2. The lowest BCUT2D eigenvalue weighted by Crippen LogP contribution is -2.15. The van der Waals surface area contributed by atoms with Crippen molar-refractivity contribution in [1.29, 1.82) is 0 Å². The van der Waals surface area contributed by atoms with Gasteiger partial charge in [-0.2, -0.15) is 8.78 Å². The summed E-state index contributed by atoms with van der Waals surface area (Å²) in [5, 5.41) is 0. The van der Waals surface area contributed by atoms with Gasteiger partial charge >= 0.3 is 6.61 Å². The molecule has 1 aromatic heterocycles. The summed E-state index contributed by atoms with van der Waals surface area (Å²) in [6, 6.07) is 3.29. The lowest BCUT2D eigenvalue weighted by Gasteiger charge is -2.15. The molecule has 0 unspecified atom stereocenters. The Morgan fingerprint density at radius 3 is 3.06 bits per heavy atom. The highest BCUT2D eigenvalue weighted by Crippen LogP contribution is 2.33. The van der Waals surface area contributed by atoms with Crippen LogP contribution in [0.5, 0.6) is 5.88 Å². The number of hydrogen-bond donors (Lipinski definition) is 0. The third kappa shape index (κ3) is 1.90. The second-order valence-electron chi connectivity index (χ2n) is 4.33. The van der Waals surface area contributed by atoms with Gasteiger partial charge in [-0.3, -0.25) is 4.99 Å². The molecule has 2 aliphatic rings. The van der Waals surface area contributed by atoms with Gasteiger partial charge in [0.25, 0.3) is 0 Å². The van der Waals surface area contributed by atoms with Crippen LogP contribution in [-0.2, 0) is 6.42 Å². The summed E-state index contributed by atoms with van der Waals surface area (Å²) in [5.74, 6) is 0.422. The van der Waals surface area contributed by atoms with Gasteiger partial charge in [0, 0.05) is 29.8 Å². The molecule has 17 heavy (non-hydrogen) atoms. The van der Waals surface area contributed by atoms with Crippen molar-refractivity contribution in [2.24, 2.45) is 10.9 Å². The fourth-order valence-corrected chi connectivity index (χ4v) is 2.57. The van der Waals surface area contributed by atoms with Crippen molar-refractivity contribution in [3.63, 3.8) is 0 Å². The largest absolute Gasteiger partial charge is 0.417 e. The molecule has 0 amide bonds. The third-order valence-electron chi connectivity index (χ3n) is 3.25. The molecule has 1 aliphatic heterocycles. The van der Waals surface area contributed by atoms with E-state index in [9.17, 15) is 8.78 Å². The number of ether oxygens (including phenoxy) is 1. The number of aromatic nitrogens is 1. The molecule has 0 bridgehead atoms. The predicted molar refractivity (Wildman–Crippen MR) is 58.7 cm³/mol. The Morgan fingerprint density at radius 1 is 1.35 bits per heavy atom. The van der Waals surface area contributed by atoms with E-state index in [-0.39, 0.29) is 5.88 Å². The zero-order valence-electron chi connectivity index (χ0n) is 9.20. The SMILES string of the molecule is FC(F)Oc1ccc2c(n1)C[C@H]1CCCN=C21. The van der Waals surface area contributed by atoms with Gasteiger partial charge in [-0.05, 0) is 25.3 Å². The van der Waals surface area contributed by atoms with E-state index in [2.05, 4.69) is 14.7 Å². The summed E-state index contributed by atoms with van der Waals surface area (Å²) in [4.78, 5) is 8.65. The van der Waals surface area contributed by atoms with Crippen LogP contribution < -0.4 is 4.74 Å². The number of pyridine rings is 1. The maximum Gasteiger partial charge on any atom is 0.388 e. The fourth-order valence-electron chi connectivity index (χ4n) is 2.57. The Kier molecular flexibility index (Phi) is 2.53. The van der Waals surface area contributed by atoms with E-state index in [1.54, 1.807) is 6.07 Å². The summed E-state index contributed by atoms with van der Waals surface area (Å²) in [6.45, 7) is -1.96. The lowest BCUT2D eigenvalue weighted by molar-refractivity contribution is -0.0529.